The molecule has 5 aliphatic rings. The van der Waals surface area contributed by atoms with Gasteiger partial charge in [-0.15, -0.1) is 10.2 Å². The number of aromatic nitrogens is 5. The van der Waals surface area contributed by atoms with Gasteiger partial charge in [0.25, 0.3) is 0 Å². The molecule has 5 heterocycles. The lowest BCUT2D eigenvalue weighted by Gasteiger charge is -2.59. The minimum absolute atomic E-state index is 0.0775. The smallest absolute Gasteiger partial charge is 0.340 e. The van der Waals surface area contributed by atoms with Crippen LogP contribution in [0.1, 0.15) is 67.1 Å². The Labute approximate surface area is 206 Å². The van der Waals surface area contributed by atoms with Gasteiger partial charge in [-0.3, -0.25) is 0 Å². The third kappa shape index (κ3) is 3.80. The van der Waals surface area contributed by atoms with Gasteiger partial charge in [0.2, 0.25) is 5.95 Å². The van der Waals surface area contributed by atoms with E-state index in [-0.39, 0.29) is 30.3 Å². The van der Waals surface area contributed by atoms with Crippen molar-refractivity contribution in [3.63, 3.8) is 0 Å². The summed E-state index contributed by atoms with van der Waals surface area (Å²) in [4.78, 5) is 30.3. The molecule has 3 saturated heterocycles. The molecular weight excluding hydrogens is 473 g/mol. The van der Waals surface area contributed by atoms with E-state index in [1.165, 1.54) is 12.8 Å². The summed E-state index contributed by atoms with van der Waals surface area (Å²) in [5.41, 5.74) is 1.16. The molecule has 12 heteroatoms. The van der Waals surface area contributed by atoms with E-state index in [1.807, 2.05) is 9.80 Å². The zero-order valence-corrected chi connectivity index (χ0v) is 19.9. The Hall–Kier alpha value is -2.92. The molecule has 1 spiro atoms. The Kier molecular flexibility index (Phi) is 4.82. The van der Waals surface area contributed by atoms with E-state index in [0.29, 0.717) is 37.4 Å². The van der Waals surface area contributed by atoms with Gasteiger partial charge in [-0.2, -0.15) is 13.2 Å². The SMILES string of the molecule is O=C(N1CC(c2cnc(N3CC[C@H](C(F)(F)F)C3)nc2)C1)N1CC2(CC(c3nnc(C4CC4)[nH]3)C2)C1. The summed E-state index contributed by atoms with van der Waals surface area (Å²) in [6, 6.07) is 0.0869. The molecular formula is C24H29F3N8O. The van der Waals surface area contributed by atoms with Crippen LogP contribution in [-0.2, 0) is 0 Å². The standard InChI is InChI=1S/C24H29F3N8O/c25-24(26,27)18-3-4-33(11-18)21-28-7-16(8-29-21)17-9-34(10-17)22(36)35-12-23(13-35)5-15(6-23)20-30-19(31-32-20)14-1-2-14/h7-8,14-15,17-18H,1-6,9-13H2,(H,30,31,32)/t18-/m0/s1. The van der Waals surface area contributed by atoms with E-state index in [1.54, 1.807) is 17.3 Å². The van der Waals surface area contributed by atoms with E-state index in [0.717, 1.165) is 43.1 Å². The molecule has 9 nitrogen and oxygen atoms in total. The minimum Gasteiger partial charge on any atom is -0.340 e. The zero-order valence-electron chi connectivity index (χ0n) is 19.9. The molecule has 2 aromatic heterocycles. The van der Waals surface area contributed by atoms with Crippen molar-refractivity contribution in [1.29, 1.82) is 0 Å². The fourth-order valence-corrected chi connectivity index (χ4v) is 6.31. The zero-order chi connectivity index (χ0) is 24.7. The molecule has 192 valence electrons. The summed E-state index contributed by atoms with van der Waals surface area (Å²) < 4.78 is 38.8. The quantitative estimate of drug-likeness (QED) is 0.690. The van der Waals surface area contributed by atoms with E-state index in [9.17, 15) is 18.0 Å². The Morgan fingerprint density at radius 3 is 2.19 bits per heavy atom. The van der Waals surface area contributed by atoms with Gasteiger partial charge in [-0.1, -0.05) is 0 Å². The first-order valence-corrected chi connectivity index (χ1v) is 12.9. The number of nitrogens with one attached hydrogen (secondary N) is 1. The van der Waals surface area contributed by atoms with Crippen molar-refractivity contribution in [2.24, 2.45) is 11.3 Å². The van der Waals surface area contributed by atoms with Crippen LogP contribution in [0.4, 0.5) is 23.9 Å². The lowest BCUT2D eigenvalue weighted by molar-refractivity contribution is -0.168. The molecule has 3 aliphatic heterocycles. The maximum absolute atomic E-state index is 12.9. The number of H-pyrrole nitrogens is 1. The number of halogens is 3. The number of hydrogen-bond acceptors (Lipinski definition) is 6. The fraction of sp³-hybridized carbons (Fsp3) is 0.708. The van der Waals surface area contributed by atoms with Crippen molar-refractivity contribution >= 4 is 12.0 Å². The predicted molar refractivity (Wildman–Crippen MR) is 122 cm³/mol. The van der Waals surface area contributed by atoms with Crippen molar-refractivity contribution in [2.75, 3.05) is 44.2 Å². The van der Waals surface area contributed by atoms with E-state index >= 15 is 0 Å². The first kappa shape index (κ1) is 22.3. The van der Waals surface area contributed by atoms with E-state index in [2.05, 4.69) is 25.1 Å². The first-order valence-electron chi connectivity index (χ1n) is 12.9. The number of alkyl halides is 3. The molecule has 0 aromatic carbocycles. The van der Waals surface area contributed by atoms with Crippen LogP contribution in [0.2, 0.25) is 0 Å². The topological polar surface area (TPSA) is 94.1 Å². The number of likely N-dealkylation sites (tertiary alicyclic amines) is 2. The Bertz CT molecular complexity index is 1140. The van der Waals surface area contributed by atoms with Crippen LogP contribution in [-0.4, -0.2) is 86.4 Å². The number of carbonyl (C=O) groups is 1. The normalized spacial score (nSPS) is 26.2. The minimum atomic E-state index is -4.18. The van der Waals surface area contributed by atoms with Crippen molar-refractivity contribution in [3.8, 4) is 0 Å². The molecule has 1 N–H and O–H groups in total. The molecule has 0 unspecified atom stereocenters. The highest BCUT2D eigenvalue weighted by Crippen LogP contribution is 2.56. The molecule has 2 aliphatic carbocycles. The molecule has 36 heavy (non-hydrogen) atoms. The molecule has 5 fully saturated rings. The summed E-state index contributed by atoms with van der Waals surface area (Å²) in [6.07, 6.45) is 3.83. The van der Waals surface area contributed by atoms with Crippen molar-refractivity contribution in [2.45, 2.75) is 56.0 Å². The molecule has 2 saturated carbocycles. The Morgan fingerprint density at radius 2 is 1.58 bits per heavy atom. The summed E-state index contributed by atoms with van der Waals surface area (Å²) in [5.74, 6) is 2.25. The first-order chi connectivity index (χ1) is 17.3. The number of hydrogen-bond donors (Lipinski definition) is 1. The lowest BCUT2D eigenvalue weighted by atomic mass is 9.57. The van der Waals surface area contributed by atoms with Crippen molar-refractivity contribution in [3.05, 3.63) is 29.6 Å². The second-order valence-corrected chi connectivity index (χ2v) is 11.5. The maximum atomic E-state index is 12.9. The number of anilines is 1. The van der Waals surface area contributed by atoms with E-state index < -0.39 is 12.1 Å². The van der Waals surface area contributed by atoms with Crippen molar-refractivity contribution < 1.29 is 18.0 Å². The highest BCUT2D eigenvalue weighted by atomic mass is 19.4. The third-order valence-electron chi connectivity index (χ3n) is 8.77. The average molecular weight is 503 g/mol. The fourth-order valence-electron chi connectivity index (χ4n) is 6.31. The number of nitrogens with zero attached hydrogens (tertiary/aromatic N) is 7. The van der Waals surface area contributed by atoms with Gasteiger partial charge >= 0.3 is 12.2 Å². The van der Waals surface area contributed by atoms with Crippen LogP contribution in [0.15, 0.2) is 12.4 Å². The monoisotopic (exact) mass is 502 g/mol. The number of amides is 2. The second-order valence-electron chi connectivity index (χ2n) is 11.5. The molecule has 0 bridgehead atoms. The molecule has 1 atom stereocenters. The number of rotatable bonds is 4. The number of aromatic amines is 1. The van der Waals surface area contributed by atoms with Crippen LogP contribution in [0.5, 0.6) is 0 Å². The second kappa shape index (κ2) is 7.79. The number of urea groups is 1. The van der Waals surface area contributed by atoms with Crippen LogP contribution in [0.25, 0.3) is 0 Å². The summed E-state index contributed by atoms with van der Waals surface area (Å²) in [5, 5.41) is 8.65. The van der Waals surface area contributed by atoms with Crippen LogP contribution < -0.4 is 4.90 Å². The van der Waals surface area contributed by atoms with Crippen molar-refractivity contribution in [1.82, 2.24) is 34.9 Å². The summed E-state index contributed by atoms with van der Waals surface area (Å²) >= 11 is 0. The number of carbonyl (C=O) groups excluding carboxylic acids is 1. The van der Waals surface area contributed by atoms with Crippen LogP contribution >= 0.6 is 0 Å². The van der Waals surface area contributed by atoms with Gasteiger partial charge in [-0.05, 0) is 37.7 Å². The van der Waals surface area contributed by atoms with Crippen LogP contribution in [0.3, 0.4) is 0 Å². The lowest BCUT2D eigenvalue weighted by Crippen LogP contribution is -2.67. The third-order valence-corrected chi connectivity index (χ3v) is 8.77. The highest BCUT2D eigenvalue weighted by Gasteiger charge is 2.56. The van der Waals surface area contributed by atoms with Gasteiger partial charge in [0.1, 0.15) is 11.6 Å². The molecule has 0 radical (unpaired) electrons. The van der Waals surface area contributed by atoms with Crippen LogP contribution in [0, 0.1) is 11.3 Å². The van der Waals surface area contributed by atoms with E-state index in [4.69, 9.17) is 0 Å². The van der Waals surface area contributed by atoms with Gasteiger partial charge in [0.15, 0.2) is 0 Å². The summed E-state index contributed by atoms with van der Waals surface area (Å²) in [6.45, 7) is 3.07. The predicted octanol–water partition coefficient (Wildman–Crippen LogP) is 3.26. The summed E-state index contributed by atoms with van der Waals surface area (Å²) in [7, 11) is 0. The van der Waals surface area contributed by atoms with Gasteiger partial charge < -0.3 is 19.7 Å². The molecule has 2 aromatic rings. The maximum Gasteiger partial charge on any atom is 0.393 e. The Morgan fingerprint density at radius 1 is 0.917 bits per heavy atom. The molecule has 7 rings (SSSR count). The van der Waals surface area contributed by atoms with Gasteiger partial charge in [0, 0.05) is 74.8 Å². The Balaban J connectivity index is 0.866. The largest absolute Gasteiger partial charge is 0.393 e. The molecule has 2 amide bonds. The highest BCUT2D eigenvalue weighted by molar-refractivity contribution is 5.77. The van der Waals surface area contributed by atoms with Gasteiger partial charge in [-0.25, -0.2) is 14.8 Å². The average Bonchev–Trinajstić information content (AvgIpc) is 3.27. The van der Waals surface area contributed by atoms with Gasteiger partial charge in [0.05, 0.1) is 5.92 Å².